The Balaban J connectivity index is 0.000000216. The van der Waals surface area contributed by atoms with Gasteiger partial charge in [-0.05, 0) is 28.2 Å². The molecule has 0 spiro atoms. The molecule has 0 aliphatic carbocycles. The van der Waals surface area contributed by atoms with Crippen molar-refractivity contribution in [1.82, 2.24) is 0 Å². The predicted molar refractivity (Wildman–Crippen MR) is 187 cm³/mol. The van der Waals surface area contributed by atoms with Crippen LogP contribution in [0.2, 0.25) is 0 Å². The van der Waals surface area contributed by atoms with E-state index in [4.69, 9.17) is 23.7 Å². The van der Waals surface area contributed by atoms with Crippen molar-refractivity contribution in [3.63, 3.8) is 0 Å². The van der Waals surface area contributed by atoms with Crippen LogP contribution in [0.5, 0.6) is 0 Å². The molecule has 6 unspecified atom stereocenters. The van der Waals surface area contributed by atoms with E-state index in [1.165, 1.54) is 16.7 Å². The fraction of sp³-hybridized carbons (Fsp3) is 0.375. The van der Waals surface area contributed by atoms with Crippen molar-refractivity contribution in [2.45, 2.75) is 63.8 Å². The zero-order chi connectivity index (χ0) is 32.7. The first kappa shape index (κ1) is 34.9. The van der Waals surface area contributed by atoms with Crippen LogP contribution in [0.25, 0.3) is 0 Å². The Labute approximate surface area is 283 Å². The monoisotopic (exact) mass is 654 g/mol. The summed E-state index contributed by atoms with van der Waals surface area (Å²) < 4.78 is 29.2. The van der Waals surface area contributed by atoms with Crippen LogP contribution in [0.15, 0.2) is 121 Å². The van der Waals surface area contributed by atoms with Crippen LogP contribution >= 0.6 is 11.8 Å². The lowest BCUT2D eigenvalue weighted by Crippen LogP contribution is -2.36. The highest BCUT2D eigenvalue weighted by atomic mass is 32.2. The third-order valence-corrected chi connectivity index (χ3v) is 9.88. The zero-order valence-corrected chi connectivity index (χ0v) is 28.1. The summed E-state index contributed by atoms with van der Waals surface area (Å²) in [6.45, 7) is 7.54. The molecule has 248 valence electrons. The fourth-order valence-corrected chi connectivity index (χ4v) is 6.67. The molecule has 47 heavy (non-hydrogen) atoms. The molecule has 0 aromatic heterocycles. The molecule has 0 N–H and O–H groups in total. The lowest BCUT2D eigenvalue weighted by molar-refractivity contribution is -0.151. The summed E-state index contributed by atoms with van der Waals surface area (Å²) in [5, 5.41) is 0.262. The van der Waals surface area contributed by atoms with Gasteiger partial charge in [0.1, 0.15) is 6.61 Å². The van der Waals surface area contributed by atoms with Gasteiger partial charge in [-0.3, -0.25) is 4.79 Å². The maximum Gasteiger partial charge on any atom is 0.309 e. The molecule has 2 fully saturated rings. The van der Waals surface area contributed by atoms with Crippen LogP contribution in [-0.4, -0.2) is 48.5 Å². The molecule has 7 heteroatoms. The summed E-state index contributed by atoms with van der Waals surface area (Å²) in [5.74, 6) is 0.910. The number of epoxide rings is 1. The van der Waals surface area contributed by atoms with E-state index < -0.39 is 0 Å². The summed E-state index contributed by atoms with van der Waals surface area (Å²) in [6, 6.07) is 40.7. The molecular weight excluding hydrogens is 609 g/mol. The maximum absolute atomic E-state index is 11.8. The van der Waals surface area contributed by atoms with E-state index in [2.05, 4.69) is 36.4 Å². The average molecular weight is 655 g/mol. The van der Waals surface area contributed by atoms with E-state index in [9.17, 15) is 4.79 Å². The Morgan fingerprint density at radius 1 is 0.702 bits per heavy atom. The molecule has 0 amide bonds. The standard InChI is InChI=1S/C26H28O3S.C14H18O3/c1-4-10-21(11-5-1)16-27-19-25-26(29-18-23-14-8-3-9-15-23)24(20-30-25)28-17-22-12-6-2-7-13-22;1-10(13-9-16-13)11(2)14(15)17-8-12-6-4-3-5-7-12/h1-15,24-26H,16-20H2;3-7,10-11,13H,8-9H2,1-2H3. The highest BCUT2D eigenvalue weighted by Crippen LogP contribution is 2.33. The van der Waals surface area contributed by atoms with Gasteiger partial charge in [0.05, 0.1) is 62.5 Å². The number of hydrogen-bond acceptors (Lipinski definition) is 7. The average Bonchev–Trinajstić information content (AvgIpc) is 3.91. The van der Waals surface area contributed by atoms with Crippen LogP contribution < -0.4 is 0 Å². The highest BCUT2D eigenvalue weighted by molar-refractivity contribution is 8.00. The van der Waals surface area contributed by atoms with Gasteiger partial charge in [0, 0.05) is 5.75 Å². The summed E-state index contributed by atoms with van der Waals surface area (Å²) in [6.07, 6.45) is 0.313. The number of thioether (sulfide) groups is 1. The first-order valence-corrected chi connectivity index (χ1v) is 17.5. The second-order valence-electron chi connectivity index (χ2n) is 12.1. The molecule has 6 rings (SSSR count). The molecule has 4 aromatic rings. The Kier molecular flexibility index (Phi) is 13.9. The summed E-state index contributed by atoms with van der Waals surface area (Å²) in [5.41, 5.74) is 4.58. The molecule has 2 saturated heterocycles. The van der Waals surface area contributed by atoms with Gasteiger partial charge in [0.25, 0.3) is 0 Å². The van der Waals surface area contributed by atoms with Crippen molar-refractivity contribution in [1.29, 1.82) is 0 Å². The van der Waals surface area contributed by atoms with Gasteiger partial charge in [-0.2, -0.15) is 11.8 Å². The number of rotatable bonds is 15. The molecule has 6 atom stereocenters. The first-order chi connectivity index (χ1) is 23.1. The van der Waals surface area contributed by atoms with Gasteiger partial charge in [0.15, 0.2) is 0 Å². The Morgan fingerprint density at radius 2 is 1.17 bits per heavy atom. The third-order valence-electron chi connectivity index (χ3n) is 8.52. The summed E-state index contributed by atoms with van der Waals surface area (Å²) in [4.78, 5) is 11.8. The summed E-state index contributed by atoms with van der Waals surface area (Å²) >= 11 is 1.89. The van der Waals surface area contributed by atoms with E-state index in [0.29, 0.717) is 33.0 Å². The second-order valence-corrected chi connectivity index (χ2v) is 13.4. The number of benzene rings is 4. The van der Waals surface area contributed by atoms with Crippen LogP contribution in [0.4, 0.5) is 0 Å². The number of carbonyl (C=O) groups is 1. The van der Waals surface area contributed by atoms with Gasteiger partial charge in [-0.15, -0.1) is 0 Å². The van der Waals surface area contributed by atoms with E-state index in [-0.39, 0.29) is 41.4 Å². The van der Waals surface area contributed by atoms with E-state index in [1.54, 1.807) is 0 Å². The van der Waals surface area contributed by atoms with Crippen molar-refractivity contribution < 1.29 is 28.5 Å². The largest absolute Gasteiger partial charge is 0.461 e. The topological polar surface area (TPSA) is 66.5 Å². The van der Waals surface area contributed by atoms with E-state index >= 15 is 0 Å². The predicted octanol–water partition coefficient (Wildman–Crippen LogP) is 7.89. The van der Waals surface area contributed by atoms with Crippen molar-refractivity contribution >= 4 is 17.7 Å². The fourth-order valence-electron chi connectivity index (χ4n) is 5.32. The normalized spacial score (nSPS) is 21.2. The lowest BCUT2D eigenvalue weighted by atomic mass is 9.93. The van der Waals surface area contributed by atoms with Gasteiger partial charge in [0.2, 0.25) is 0 Å². The molecule has 2 aliphatic heterocycles. The van der Waals surface area contributed by atoms with Crippen LogP contribution in [0.1, 0.15) is 36.1 Å². The molecule has 0 radical (unpaired) electrons. The van der Waals surface area contributed by atoms with Crippen molar-refractivity contribution in [3.8, 4) is 0 Å². The highest BCUT2D eigenvalue weighted by Gasteiger charge is 2.39. The minimum atomic E-state index is -0.142. The van der Waals surface area contributed by atoms with Gasteiger partial charge in [-0.25, -0.2) is 0 Å². The van der Waals surface area contributed by atoms with E-state index in [1.807, 2.05) is 111 Å². The number of esters is 1. The van der Waals surface area contributed by atoms with Crippen LogP contribution in [-0.2, 0) is 54.9 Å². The second kappa shape index (κ2) is 18.8. The van der Waals surface area contributed by atoms with Crippen molar-refractivity contribution in [2.75, 3.05) is 19.0 Å². The lowest BCUT2D eigenvalue weighted by Gasteiger charge is -2.25. The van der Waals surface area contributed by atoms with Gasteiger partial charge in [-0.1, -0.05) is 135 Å². The SMILES string of the molecule is CC(C(=O)OCc1ccccc1)C(C)C1CO1.c1ccc(COCC2SCC(OCc3ccccc3)C2OCc2ccccc2)cc1. The molecule has 4 aromatic carbocycles. The van der Waals surface area contributed by atoms with E-state index in [0.717, 1.165) is 17.9 Å². The summed E-state index contributed by atoms with van der Waals surface area (Å²) in [7, 11) is 0. The Bertz CT molecular complexity index is 1440. The molecule has 0 saturated carbocycles. The quantitative estimate of drug-likeness (QED) is 0.0954. The Morgan fingerprint density at radius 3 is 1.68 bits per heavy atom. The van der Waals surface area contributed by atoms with Crippen molar-refractivity contribution in [2.24, 2.45) is 11.8 Å². The smallest absolute Gasteiger partial charge is 0.309 e. The number of carbonyl (C=O) groups excluding carboxylic acids is 1. The molecule has 2 aliphatic rings. The Hall–Kier alpha value is -3.46. The third kappa shape index (κ3) is 11.6. The molecule has 6 nitrogen and oxygen atoms in total. The number of hydrogen-bond donors (Lipinski definition) is 0. The van der Waals surface area contributed by atoms with Crippen LogP contribution in [0.3, 0.4) is 0 Å². The zero-order valence-electron chi connectivity index (χ0n) is 27.3. The van der Waals surface area contributed by atoms with Crippen molar-refractivity contribution in [3.05, 3.63) is 144 Å². The first-order valence-electron chi connectivity index (χ1n) is 16.4. The minimum Gasteiger partial charge on any atom is -0.461 e. The maximum atomic E-state index is 11.8. The molecular formula is C40H46O6S. The van der Waals surface area contributed by atoms with Gasteiger partial charge < -0.3 is 23.7 Å². The van der Waals surface area contributed by atoms with Crippen LogP contribution in [0, 0.1) is 11.8 Å². The minimum absolute atomic E-state index is 0.00897. The van der Waals surface area contributed by atoms with Gasteiger partial charge >= 0.3 is 5.97 Å². The molecule has 0 bridgehead atoms. The number of ether oxygens (including phenoxy) is 5. The molecule has 2 heterocycles.